The van der Waals surface area contributed by atoms with Crippen molar-refractivity contribution in [3.05, 3.63) is 21.8 Å². The summed E-state index contributed by atoms with van der Waals surface area (Å²) in [6, 6.07) is 0. The van der Waals surface area contributed by atoms with Gasteiger partial charge in [0.2, 0.25) is 6.41 Å². The van der Waals surface area contributed by atoms with Crippen LogP contribution >= 0.6 is 20.7 Å². The molecule has 0 fully saturated rings. The standard InChI is InChI=1S/C8H8IN3O/c1-12-4-10-6-2-3-9-8(7(6)12)11-5-13/h2-5H,1H3,(H,11,13). The fraction of sp³-hybridized carbons (Fsp3) is 0.125. The Hall–Kier alpha value is -0.980. The first kappa shape index (κ1) is 8.61. The largest absolute Gasteiger partial charge is 0.332 e. The van der Waals surface area contributed by atoms with Crippen molar-refractivity contribution in [2.45, 2.75) is 0 Å². The van der Waals surface area contributed by atoms with E-state index in [1.165, 1.54) is 0 Å². The second-order valence-corrected chi connectivity index (χ2v) is 4.99. The summed E-state index contributed by atoms with van der Waals surface area (Å²) in [7, 11) is 1.93. The van der Waals surface area contributed by atoms with Crippen molar-refractivity contribution in [2.75, 3.05) is 0 Å². The molecule has 2 rings (SSSR count). The van der Waals surface area contributed by atoms with Crippen molar-refractivity contribution in [3.8, 4) is 0 Å². The van der Waals surface area contributed by atoms with Crippen LogP contribution in [0.2, 0.25) is 0 Å². The average molecular weight is 289 g/mol. The lowest BCUT2D eigenvalue weighted by molar-refractivity contribution is -0.108. The van der Waals surface area contributed by atoms with Crippen LogP contribution in [0.5, 0.6) is 0 Å². The highest BCUT2D eigenvalue weighted by Crippen LogP contribution is 2.20. The Balaban J connectivity index is 2.51. The molecule has 0 aliphatic carbocycles. The Morgan fingerprint density at radius 2 is 2.54 bits per heavy atom. The highest BCUT2D eigenvalue weighted by molar-refractivity contribution is 14.2. The van der Waals surface area contributed by atoms with Gasteiger partial charge in [0.25, 0.3) is 0 Å². The van der Waals surface area contributed by atoms with Gasteiger partial charge in [-0.15, -0.1) is 0 Å². The lowest BCUT2D eigenvalue weighted by Gasteiger charge is -2.08. The minimum Gasteiger partial charge on any atom is -0.332 e. The van der Waals surface area contributed by atoms with Gasteiger partial charge in [0, 0.05) is 7.05 Å². The molecule has 2 heterocycles. The summed E-state index contributed by atoms with van der Waals surface area (Å²) in [5.74, 6) is 0. The van der Waals surface area contributed by atoms with Crippen molar-refractivity contribution in [3.63, 3.8) is 0 Å². The summed E-state index contributed by atoms with van der Waals surface area (Å²) in [6.07, 6.45) is 4.50. The molecule has 68 valence electrons. The van der Waals surface area contributed by atoms with Gasteiger partial charge >= 0.3 is 0 Å². The molecule has 1 aliphatic rings. The zero-order valence-corrected chi connectivity index (χ0v) is 9.15. The third-order valence-corrected chi connectivity index (χ3v) is 3.92. The molecule has 0 aromatic carbocycles. The monoisotopic (exact) mass is 289 g/mol. The Bertz CT molecular complexity index is 406. The predicted octanol–water partition coefficient (Wildman–Crippen LogP) is 0.599. The van der Waals surface area contributed by atoms with Crippen molar-refractivity contribution < 1.29 is 4.79 Å². The molecule has 0 saturated heterocycles. The van der Waals surface area contributed by atoms with E-state index in [1.54, 1.807) is 6.33 Å². The Morgan fingerprint density at radius 1 is 1.69 bits per heavy atom. The number of imidazole rings is 1. The third-order valence-electron chi connectivity index (χ3n) is 1.75. The number of hydrogen-bond acceptors (Lipinski definition) is 2. The van der Waals surface area contributed by atoms with Gasteiger partial charge in [0.1, 0.15) is 3.63 Å². The first-order chi connectivity index (χ1) is 6.33. The van der Waals surface area contributed by atoms with E-state index in [-0.39, 0.29) is 20.7 Å². The number of amides is 1. The Labute approximate surface area is 85.4 Å². The second kappa shape index (κ2) is 3.41. The van der Waals surface area contributed by atoms with Crippen LogP contribution in [-0.4, -0.2) is 19.6 Å². The van der Waals surface area contributed by atoms with E-state index in [0.29, 0.717) is 0 Å². The first-order valence-corrected chi connectivity index (χ1v) is 6.04. The average Bonchev–Trinajstić information content (AvgIpc) is 2.50. The van der Waals surface area contributed by atoms with Gasteiger partial charge in [0.05, 0.1) is 17.7 Å². The summed E-state index contributed by atoms with van der Waals surface area (Å²) in [6.45, 7) is 0. The van der Waals surface area contributed by atoms with E-state index in [9.17, 15) is 4.79 Å². The molecule has 1 aliphatic heterocycles. The van der Waals surface area contributed by atoms with Gasteiger partial charge in [0.15, 0.2) is 0 Å². The van der Waals surface area contributed by atoms with Crippen LogP contribution < -0.4 is 5.32 Å². The molecular weight excluding hydrogens is 281 g/mol. The molecule has 0 radical (unpaired) electrons. The zero-order valence-electron chi connectivity index (χ0n) is 6.99. The lowest BCUT2D eigenvalue weighted by atomic mass is 10.3. The topological polar surface area (TPSA) is 46.9 Å². The van der Waals surface area contributed by atoms with Crippen molar-refractivity contribution in [1.82, 2.24) is 14.9 Å². The predicted molar refractivity (Wildman–Crippen MR) is 59.6 cm³/mol. The summed E-state index contributed by atoms with van der Waals surface area (Å²) < 4.78 is 5.05. The maximum atomic E-state index is 10.3. The fourth-order valence-corrected chi connectivity index (χ4v) is 3.33. The number of carbonyl (C=O) groups excluding carboxylic acids is 1. The number of aryl methyl sites for hydroxylation is 1. The highest BCUT2D eigenvalue weighted by Gasteiger charge is 2.13. The van der Waals surface area contributed by atoms with Crippen LogP contribution in [0.25, 0.3) is 6.08 Å². The molecule has 0 spiro atoms. The molecule has 0 bridgehead atoms. The summed E-state index contributed by atoms with van der Waals surface area (Å²) in [5, 5.41) is 2.74. The number of nitrogens with zero attached hydrogens (tertiary/aromatic N) is 2. The van der Waals surface area contributed by atoms with Gasteiger partial charge in [-0.1, -0.05) is 20.7 Å². The van der Waals surface area contributed by atoms with Crippen LogP contribution in [0.15, 0.2) is 10.4 Å². The molecule has 1 amide bonds. The molecule has 13 heavy (non-hydrogen) atoms. The minimum atomic E-state index is -0.204. The van der Waals surface area contributed by atoms with Crippen LogP contribution in [0.4, 0.5) is 0 Å². The fourth-order valence-electron chi connectivity index (χ4n) is 1.20. The van der Waals surface area contributed by atoms with E-state index in [0.717, 1.165) is 21.4 Å². The number of halogens is 1. The molecular formula is C8H8IN3O. The smallest absolute Gasteiger partial charge is 0.211 e. The van der Waals surface area contributed by atoms with Crippen molar-refractivity contribution >= 4 is 36.8 Å². The zero-order chi connectivity index (χ0) is 9.26. The van der Waals surface area contributed by atoms with E-state index >= 15 is 0 Å². The summed E-state index contributed by atoms with van der Waals surface area (Å²) >= 11 is -0.204. The molecule has 5 heteroatoms. The second-order valence-electron chi connectivity index (χ2n) is 2.57. The van der Waals surface area contributed by atoms with Gasteiger partial charge in [-0.05, 0) is 10.2 Å². The van der Waals surface area contributed by atoms with E-state index in [1.807, 2.05) is 17.7 Å². The summed E-state index contributed by atoms with van der Waals surface area (Å²) in [5.41, 5.74) is 1.99. The van der Waals surface area contributed by atoms with Gasteiger partial charge in [-0.3, -0.25) is 4.79 Å². The number of carbonyl (C=O) groups is 1. The molecule has 1 N–H and O–H groups in total. The number of rotatable bonds is 2. The number of hydrogen-bond donors (Lipinski definition) is 1. The number of aromatic nitrogens is 2. The van der Waals surface area contributed by atoms with E-state index in [2.05, 4.69) is 14.4 Å². The van der Waals surface area contributed by atoms with E-state index in [4.69, 9.17) is 0 Å². The third kappa shape index (κ3) is 1.43. The van der Waals surface area contributed by atoms with Gasteiger partial charge in [-0.2, -0.15) is 0 Å². The quantitative estimate of drug-likeness (QED) is 0.640. The van der Waals surface area contributed by atoms with Crippen LogP contribution in [0.1, 0.15) is 11.4 Å². The van der Waals surface area contributed by atoms with Crippen LogP contribution in [-0.2, 0) is 11.8 Å². The molecule has 4 nitrogen and oxygen atoms in total. The normalized spacial score (nSPS) is 14.1. The van der Waals surface area contributed by atoms with Gasteiger partial charge < -0.3 is 9.88 Å². The molecule has 1 aromatic rings. The van der Waals surface area contributed by atoms with Crippen LogP contribution in [0.3, 0.4) is 0 Å². The van der Waals surface area contributed by atoms with Crippen molar-refractivity contribution in [1.29, 1.82) is 0 Å². The van der Waals surface area contributed by atoms with E-state index < -0.39 is 0 Å². The molecule has 0 saturated carbocycles. The maximum absolute atomic E-state index is 10.3. The van der Waals surface area contributed by atoms with Crippen molar-refractivity contribution in [2.24, 2.45) is 7.05 Å². The minimum absolute atomic E-state index is 0.204. The number of fused-ring (bicyclic) bond motifs is 1. The molecule has 0 unspecified atom stereocenters. The lowest BCUT2D eigenvalue weighted by Crippen LogP contribution is -2.24. The molecule has 0 atom stereocenters. The Morgan fingerprint density at radius 3 is 3.31 bits per heavy atom. The van der Waals surface area contributed by atoms with Gasteiger partial charge in [-0.25, -0.2) is 4.98 Å². The van der Waals surface area contributed by atoms with Crippen LogP contribution in [0, 0.1) is 0 Å². The maximum Gasteiger partial charge on any atom is 0.211 e. The first-order valence-electron chi connectivity index (χ1n) is 3.71. The number of nitrogens with one attached hydrogen (secondary N) is 1. The highest BCUT2D eigenvalue weighted by atomic mass is 127. The SMILES string of the molecule is Cn1cnc2c1C(NC=O)=IC=C2. The molecule has 1 aromatic heterocycles. The Kier molecular flexibility index (Phi) is 2.26. The summed E-state index contributed by atoms with van der Waals surface area (Å²) in [4.78, 5) is 14.6.